The molecule has 1 aromatic heterocycles. The van der Waals surface area contributed by atoms with Crippen molar-refractivity contribution in [3.8, 4) is 11.5 Å². The lowest BCUT2D eigenvalue weighted by Gasteiger charge is -2.35. The minimum Gasteiger partial charge on any atom is -0.508 e. The topological polar surface area (TPSA) is 115 Å². The molecule has 1 atom stereocenters. The average Bonchev–Trinajstić information content (AvgIpc) is 3.51. The van der Waals surface area contributed by atoms with E-state index in [9.17, 15) is 19.5 Å². The summed E-state index contributed by atoms with van der Waals surface area (Å²) in [5.74, 6) is 1.09. The summed E-state index contributed by atoms with van der Waals surface area (Å²) in [7, 11) is 0. The molecule has 4 aromatic rings. The van der Waals surface area contributed by atoms with Gasteiger partial charge in [-0.05, 0) is 103 Å². The molecule has 0 spiro atoms. The van der Waals surface area contributed by atoms with Crippen LogP contribution in [0.25, 0.3) is 11.1 Å². The Bertz CT molecular complexity index is 1950. The molecule has 1 unspecified atom stereocenters. The van der Waals surface area contributed by atoms with Crippen LogP contribution in [0, 0.1) is 0 Å². The molecule has 2 fully saturated rings. The number of pyridine rings is 1. The van der Waals surface area contributed by atoms with Gasteiger partial charge >= 0.3 is 0 Å². The second-order valence-electron chi connectivity index (χ2n) is 13.9. The number of piperazine rings is 1. The first-order valence-corrected chi connectivity index (χ1v) is 18.8. The Hall–Kier alpha value is -5.48. The number of imide groups is 1. The molecule has 4 heterocycles. The van der Waals surface area contributed by atoms with Crippen molar-refractivity contribution in [1.82, 2.24) is 20.1 Å². The predicted molar refractivity (Wildman–Crippen MR) is 205 cm³/mol. The lowest BCUT2D eigenvalue weighted by Crippen LogP contribution is -2.52. The lowest BCUT2D eigenvalue weighted by atomic mass is 9.88. The van der Waals surface area contributed by atoms with E-state index in [0.29, 0.717) is 24.3 Å². The van der Waals surface area contributed by atoms with E-state index in [-0.39, 0.29) is 30.5 Å². The smallest absolute Gasteiger partial charge is 0.256 e. The fourth-order valence-electron chi connectivity index (χ4n) is 7.63. The van der Waals surface area contributed by atoms with Crippen molar-refractivity contribution in [2.75, 3.05) is 44.2 Å². The summed E-state index contributed by atoms with van der Waals surface area (Å²) in [6.07, 6.45) is 4.64. The lowest BCUT2D eigenvalue weighted by molar-refractivity contribution is -0.136. The Kier molecular flexibility index (Phi) is 11.2. The van der Waals surface area contributed by atoms with Crippen LogP contribution in [-0.2, 0) is 16.1 Å². The van der Waals surface area contributed by atoms with E-state index >= 15 is 0 Å². The zero-order valence-corrected chi connectivity index (χ0v) is 30.3. The van der Waals surface area contributed by atoms with Crippen LogP contribution in [0.2, 0.25) is 0 Å². The Morgan fingerprint density at radius 3 is 2.25 bits per heavy atom. The molecule has 53 heavy (non-hydrogen) atoms. The van der Waals surface area contributed by atoms with E-state index in [4.69, 9.17) is 9.72 Å². The molecule has 3 aliphatic heterocycles. The van der Waals surface area contributed by atoms with Gasteiger partial charge in [-0.15, -0.1) is 0 Å². The van der Waals surface area contributed by atoms with E-state index in [1.165, 1.54) is 11.1 Å². The number of anilines is 1. The summed E-state index contributed by atoms with van der Waals surface area (Å²) in [5, 5.41) is 12.3. The first-order chi connectivity index (χ1) is 25.9. The third kappa shape index (κ3) is 8.28. The molecule has 3 aromatic carbocycles. The molecule has 0 bridgehead atoms. The molecule has 0 radical (unpaired) electrons. The summed E-state index contributed by atoms with van der Waals surface area (Å²) < 4.78 is 6.14. The van der Waals surface area contributed by atoms with E-state index < -0.39 is 11.9 Å². The quantitative estimate of drug-likeness (QED) is 0.0945. The summed E-state index contributed by atoms with van der Waals surface area (Å²) in [6.45, 7) is 7.82. The van der Waals surface area contributed by atoms with Crippen LogP contribution in [0.5, 0.6) is 11.5 Å². The van der Waals surface area contributed by atoms with Gasteiger partial charge in [0.05, 0.1) is 24.4 Å². The van der Waals surface area contributed by atoms with Crippen molar-refractivity contribution in [2.45, 2.75) is 58.0 Å². The molecule has 10 heteroatoms. The first-order valence-electron chi connectivity index (χ1n) is 18.8. The molecular weight excluding hydrogens is 667 g/mol. The minimum atomic E-state index is -0.631. The van der Waals surface area contributed by atoms with Gasteiger partial charge in [0.1, 0.15) is 23.4 Å². The van der Waals surface area contributed by atoms with E-state index in [0.717, 1.165) is 86.7 Å². The summed E-state index contributed by atoms with van der Waals surface area (Å²) in [5.41, 5.74) is 7.02. The highest BCUT2D eigenvalue weighted by atomic mass is 16.5. The van der Waals surface area contributed by atoms with Gasteiger partial charge in [-0.3, -0.25) is 24.6 Å². The van der Waals surface area contributed by atoms with E-state index in [1.807, 2.05) is 30.3 Å². The maximum Gasteiger partial charge on any atom is 0.256 e. The number of nitrogens with one attached hydrogen (secondary N) is 1. The number of aromatic hydroxyl groups is 1. The summed E-state index contributed by atoms with van der Waals surface area (Å²) in [4.78, 5) is 48.1. The Morgan fingerprint density at radius 2 is 1.55 bits per heavy atom. The Balaban J connectivity index is 0.852. The molecular formula is C43H47N5O5. The molecule has 7 rings (SSSR count). The molecule has 274 valence electrons. The summed E-state index contributed by atoms with van der Waals surface area (Å²) >= 11 is 0. The minimum absolute atomic E-state index is 0.195. The van der Waals surface area contributed by atoms with Crippen LogP contribution in [0.3, 0.4) is 0 Å². The molecule has 3 aliphatic rings. The van der Waals surface area contributed by atoms with Crippen molar-refractivity contribution in [1.29, 1.82) is 0 Å². The third-order valence-corrected chi connectivity index (χ3v) is 10.5. The van der Waals surface area contributed by atoms with Gasteiger partial charge < -0.3 is 19.6 Å². The fraction of sp³-hybridized carbons (Fsp3) is 0.349. The van der Waals surface area contributed by atoms with Crippen LogP contribution in [0.15, 0.2) is 91.0 Å². The molecule has 2 saturated heterocycles. The number of carbonyl (C=O) groups excluding carboxylic acids is 3. The van der Waals surface area contributed by atoms with Gasteiger partial charge in [0.25, 0.3) is 5.91 Å². The Labute approximate surface area is 311 Å². The number of phenols is 1. The number of hydrogen-bond donors (Lipinski definition) is 2. The number of ether oxygens (including phenoxy) is 1. The second kappa shape index (κ2) is 16.5. The number of unbranched alkanes of at least 4 members (excludes halogenated alkanes) is 2. The molecule has 2 N–H and O–H groups in total. The number of rotatable bonds is 13. The Morgan fingerprint density at radius 1 is 0.830 bits per heavy atom. The van der Waals surface area contributed by atoms with Crippen LogP contribution in [0.4, 0.5) is 5.82 Å². The number of amides is 3. The number of allylic oxidation sites excluding steroid dienone is 1. The van der Waals surface area contributed by atoms with Gasteiger partial charge in [0.2, 0.25) is 11.8 Å². The number of benzene rings is 3. The number of fused-ring (bicyclic) bond motifs is 1. The van der Waals surface area contributed by atoms with Crippen LogP contribution in [0.1, 0.15) is 78.2 Å². The van der Waals surface area contributed by atoms with Crippen molar-refractivity contribution in [2.24, 2.45) is 0 Å². The maximum atomic E-state index is 13.0. The van der Waals surface area contributed by atoms with Crippen molar-refractivity contribution in [3.63, 3.8) is 0 Å². The number of aromatic nitrogens is 1. The number of carbonyl (C=O) groups is 3. The van der Waals surface area contributed by atoms with E-state index in [1.54, 1.807) is 17.0 Å². The maximum absolute atomic E-state index is 13.0. The molecule has 3 amide bonds. The highest BCUT2D eigenvalue weighted by Crippen LogP contribution is 2.36. The van der Waals surface area contributed by atoms with Crippen molar-refractivity contribution < 1.29 is 24.2 Å². The number of phenolic OH excluding ortho intramolecular Hbond substituents is 1. The molecule has 0 aliphatic carbocycles. The molecule has 10 nitrogen and oxygen atoms in total. The van der Waals surface area contributed by atoms with E-state index in [2.05, 4.69) is 70.6 Å². The normalized spacial score (nSPS) is 18.1. The molecule has 0 saturated carbocycles. The van der Waals surface area contributed by atoms with Crippen LogP contribution < -0.4 is 15.0 Å². The SMILES string of the molecule is CCC(=C(c1ccc(O)cc1)c1ccc(OCCCCCN2CCN(c3ccc4c(n3)CN(C3CCC(=O)NC3=O)C4=O)CC2)cc1)c1ccccc1. The van der Waals surface area contributed by atoms with Gasteiger partial charge in [-0.25, -0.2) is 4.98 Å². The van der Waals surface area contributed by atoms with Crippen LogP contribution in [-0.4, -0.2) is 83.0 Å². The zero-order valence-electron chi connectivity index (χ0n) is 30.3. The second-order valence-corrected chi connectivity index (χ2v) is 13.9. The largest absolute Gasteiger partial charge is 0.508 e. The zero-order chi connectivity index (χ0) is 36.7. The van der Waals surface area contributed by atoms with Crippen LogP contribution >= 0.6 is 0 Å². The van der Waals surface area contributed by atoms with Crippen molar-refractivity contribution in [3.05, 3.63) is 119 Å². The highest BCUT2D eigenvalue weighted by molar-refractivity contribution is 6.05. The van der Waals surface area contributed by atoms with Crippen molar-refractivity contribution >= 4 is 34.7 Å². The standard InChI is InChI=1S/C43H47N5O5/c1-2-35(30-9-5-3-6-10-30)41(31-11-15-33(49)16-12-31)32-13-17-34(18-14-32)53-28-8-4-7-23-46-24-26-47(27-25-46)39-21-19-36-37(44-39)29-48(43(36)52)38-20-22-40(50)45-42(38)51/h3,5-6,9-19,21,38,49H,2,4,7-8,20,22-29H2,1H3,(H,45,50,51). The number of hydrogen-bond acceptors (Lipinski definition) is 8. The first kappa shape index (κ1) is 35.9. The average molecular weight is 714 g/mol. The monoisotopic (exact) mass is 713 g/mol. The van der Waals surface area contributed by atoms with Gasteiger partial charge in [0, 0.05) is 32.6 Å². The third-order valence-electron chi connectivity index (χ3n) is 10.5. The van der Waals surface area contributed by atoms with Gasteiger partial charge in [-0.2, -0.15) is 0 Å². The number of piperidine rings is 1. The van der Waals surface area contributed by atoms with Gasteiger partial charge in [0.15, 0.2) is 0 Å². The predicted octanol–water partition coefficient (Wildman–Crippen LogP) is 6.29. The fourth-order valence-corrected chi connectivity index (χ4v) is 7.63. The summed E-state index contributed by atoms with van der Waals surface area (Å²) in [6, 6.07) is 29.4. The van der Waals surface area contributed by atoms with Gasteiger partial charge in [-0.1, -0.05) is 61.5 Å². The highest BCUT2D eigenvalue weighted by Gasteiger charge is 2.40. The number of nitrogens with zero attached hydrogens (tertiary/aromatic N) is 4.